The molecule has 0 saturated carbocycles. The van der Waals surface area contributed by atoms with E-state index in [0.29, 0.717) is 35.4 Å². The second-order valence-electron chi connectivity index (χ2n) is 6.12. The van der Waals surface area contributed by atoms with Crippen LogP contribution in [-0.2, 0) is 0 Å². The van der Waals surface area contributed by atoms with Gasteiger partial charge in [-0.15, -0.1) is 0 Å². The van der Waals surface area contributed by atoms with Crippen LogP contribution < -0.4 is 15.4 Å². The van der Waals surface area contributed by atoms with Crippen molar-refractivity contribution in [2.24, 2.45) is 10.7 Å². The first-order chi connectivity index (χ1) is 13.1. The summed E-state index contributed by atoms with van der Waals surface area (Å²) in [4.78, 5) is 17.0. The Morgan fingerprint density at radius 1 is 1.30 bits per heavy atom. The third-order valence-corrected chi connectivity index (χ3v) is 4.65. The number of guanidine groups is 1. The lowest BCUT2D eigenvalue weighted by molar-refractivity contribution is 0.182. The van der Waals surface area contributed by atoms with E-state index >= 15 is 0 Å². The zero-order valence-electron chi connectivity index (χ0n) is 15.1. The number of aliphatic hydroxyl groups excluding tert-OH is 1. The van der Waals surface area contributed by atoms with E-state index in [0.717, 1.165) is 19.0 Å². The number of aliphatic imine (C=N–C) groups is 1. The first-order valence-electron chi connectivity index (χ1n) is 8.67. The number of hydrogen-bond acceptors (Lipinski definition) is 6. The molecule has 1 aromatic heterocycles. The Morgan fingerprint density at radius 3 is 2.67 bits per heavy atom. The van der Waals surface area contributed by atoms with Crippen LogP contribution in [-0.4, -0.2) is 65.8 Å². The maximum atomic E-state index is 10.5. The largest absolute Gasteiger partial charge is 0.496 e. The van der Waals surface area contributed by atoms with E-state index in [-0.39, 0.29) is 6.54 Å². The van der Waals surface area contributed by atoms with Crippen molar-refractivity contribution in [1.29, 1.82) is 0 Å². The van der Waals surface area contributed by atoms with E-state index in [4.69, 9.17) is 22.1 Å². The number of hydrogen-bond donors (Lipinski definition) is 2. The normalized spacial score (nSPS) is 16.3. The molecular formula is C18H23ClN6O2. The number of aromatic nitrogens is 2. The molecule has 8 nitrogen and oxygen atoms in total. The van der Waals surface area contributed by atoms with Gasteiger partial charge in [0, 0.05) is 49.2 Å². The Labute approximate surface area is 163 Å². The predicted octanol–water partition coefficient (Wildman–Crippen LogP) is 1.31. The molecule has 2 heterocycles. The average Bonchev–Trinajstić information content (AvgIpc) is 2.72. The van der Waals surface area contributed by atoms with Crippen molar-refractivity contribution in [3.05, 3.63) is 47.2 Å². The third-order valence-electron chi connectivity index (χ3n) is 4.42. The summed E-state index contributed by atoms with van der Waals surface area (Å²) in [7, 11) is 1.55. The molecule has 27 heavy (non-hydrogen) atoms. The van der Waals surface area contributed by atoms with Gasteiger partial charge in [-0.1, -0.05) is 11.6 Å². The second-order valence-corrected chi connectivity index (χ2v) is 6.56. The number of halogens is 1. The molecule has 1 fully saturated rings. The number of nitrogens with two attached hydrogens (primary N) is 1. The van der Waals surface area contributed by atoms with Crippen molar-refractivity contribution in [1.82, 2.24) is 14.9 Å². The van der Waals surface area contributed by atoms with Crippen LogP contribution in [0, 0.1) is 0 Å². The highest BCUT2D eigenvalue weighted by Gasteiger charge is 2.20. The Morgan fingerprint density at radius 2 is 2.00 bits per heavy atom. The van der Waals surface area contributed by atoms with Gasteiger partial charge in [0.1, 0.15) is 11.9 Å². The molecule has 0 amide bonds. The van der Waals surface area contributed by atoms with Crippen LogP contribution in [0.4, 0.5) is 5.95 Å². The van der Waals surface area contributed by atoms with Gasteiger partial charge in [-0.2, -0.15) is 0 Å². The van der Waals surface area contributed by atoms with E-state index < -0.39 is 6.10 Å². The summed E-state index contributed by atoms with van der Waals surface area (Å²) in [5.74, 6) is 1.69. The van der Waals surface area contributed by atoms with E-state index in [1.165, 1.54) is 0 Å². The molecule has 3 rings (SSSR count). The highest BCUT2D eigenvalue weighted by Crippen LogP contribution is 2.28. The van der Waals surface area contributed by atoms with Crippen LogP contribution in [0.25, 0.3) is 0 Å². The van der Waals surface area contributed by atoms with Crippen molar-refractivity contribution < 1.29 is 9.84 Å². The minimum Gasteiger partial charge on any atom is -0.496 e. The molecule has 1 atom stereocenters. The molecule has 0 bridgehead atoms. The van der Waals surface area contributed by atoms with Gasteiger partial charge in [0.2, 0.25) is 5.95 Å². The smallest absolute Gasteiger partial charge is 0.225 e. The zero-order chi connectivity index (χ0) is 19.2. The maximum absolute atomic E-state index is 10.5. The summed E-state index contributed by atoms with van der Waals surface area (Å²) in [6, 6.07) is 6.91. The molecule has 1 aliphatic heterocycles. The van der Waals surface area contributed by atoms with Crippen molar-refractivity contribution in [3.8, 4) is 5.75 Å². The number of benzene rings is 1. The number of piperazine rings is 1. The quantitative estimate of drug-likeness (QED) is 0.586. The van der Waals surface area contributed by atoms with Gasteiger partial charge in [-0.25, -0.2) is 9.97 Å². The first-order valence-corrected chi connectivity index (χ1v) is 9.04. The van der Waals surface area contributed by atoms with Crippen LogP contribution in [0.1, 0.15) is 11.7 Å². The van der Waals surface area contributed by atoms with Crippen LogP contribution in [0.2, 0.25) is 5.02 Å². The molecule has 0 aliphatic carbocycles. The van der Waals surface area contributed by atoms with Gasteiger partial charge in [-0.3, -0.25) is 4.99 Å². The minimum absolute atomic E-state index is 0.130. The molecular weight excluding hydrogens is 368 g/mol. The highest BCUT2D eigenvalue weighted by molar-refractivity contribution is 6.30. The van der Waals surface area contributed by atoms with Gasteiger partial charge in [0.05, 0.1) is 13.7 Å². The SMILES string of the molecule is COc1ccc(Cl)cc1C(O)CN=C(N)N1CCN(c2ncccn2)CC1. The van der Waals surface area contributed by atoms with Gasteiger partial charge in [-0.05, 0) is 24.3 Å². The Bertz CT molecular complexity index is 781. The molecule has 144 valence electrons. The standard InChI is InChI=1S/C18H23ClN6O2/c1-27-16-4-3-13(19)11-14(16)15(26)12-23-17(20)24-7-9-25(10-8-24)18-21-5-2-6-22-18/h2-6,11,15,26H,7-10,12H2,1H3,(H2,20,23). The lowest BCUT2D eigenvalue weighted by Gasteiger charge is -2.35. The fourth-order valence-corrected chi connectivity index (χ4v) is 3.11. The van der Waals surface area contributed by atoms with Gasteiger partial charge in [0.25, 0.3) is 0 Å². The summed E-state index contributed by atoms with van der Waals surface area (Å²) in [6.45, 7) is 3.06. The fraction of sp³-hybridized carbons (Fsp3) is 0.389. The molecule has 9 heteroatoms. The summed E-state index contributed by atoms with van der Waals surface area (Å²) in [5.41, 5.74) is 6.71. The zero-order valence-corrected chi connectivity index (χ0v) is 15.9. The molecule has 3 N–H and O–H groups in total. The Balaban J connectivity index is 1.58. The van der Waals surface area contributed by atoms with Crippen LogP contribution in [0.5, 0.6) is 5.75 Å². The van der Waals surface area contributed by atoms with Gasteiger partial charge < -0.3 is 25.4 Å². The van der Waals surface area contributed by atoms with Gasteiger partial charge in [0.15, 0.2) is 5.96 Å². The van der Waals surface area contributed by atoms with E-state index in [1.807, 2.05) is 4.90 Å². The monoisotopic (exact) mass is 390 g/mol. The Hall–Kier alpha value is -2.58. The van der Waals surface area contributed by atoms with Gasteiger partial charge >= 0.3 is 0 Å². The van der Waals surface area contributed by atoms with Crippen LogP contribution in [0.15, 0.2) is 41.7 Å². The third kappa shape index (κ3) is 4.78. The second kappa shape index (κ2) is 8.88. The molecule has 2 aromatic rings. The van der Waals surface area contributed by atoms with Crippen molar-refractivity contribution in [2.45, 2.75) is 6.10 Å². The topological polar surface area (TPSA) is 100 Å². The van der Waals surface area contributed by atoms with E-state index in [2.05, 4.69) is 19.9 Å². The number of rotatable bonds is 5. The molecule has 1 aromatic carbocycles. The lowest BCUT2D eigenvalue weighted by Crippen LogP contribution is -2.51. The fourth-order valence-electron chi connectivity index (χ4n) is 2.93. The number of ether oxygens (including phenoxy) is 1. The molecule has 1 saturated heterocycles. The Kier molecular flexibility index (Phi) is 6.31. The van der Waals surface area contributed by atoms with E-state index in [9.17, 15) is 5.11 Å². The minimum atomic E-state index is -0.851. The average molecular weight is 391 g/mol. The summed E-state index contributed by atoms with van der Waals surface area (Å²) in [6.07, 6.45) is 2.61. The first kappa shape index (κ1) is 19.2. The predicted molar refractivity (Wildman–Crippen MR) is 105 cm³/mol. The molecule has 1 unspecified atom stereocenters. The van der Waals surface area contributed by atoms with E-state index in [1.54, 1.807) is 43.8 Å². The summed E-state index contributed by atoms with van der Waals surface area (Å²) < 4.78 is 5.27. The van der Waals surface area contributed by atoms with Crippen molar-refractivity contribution >= 4 is 23.5 Å². The maximum Gasteiger partial charge on any atom is 0.225 e. The summed E-state index contributed by atoms with van der Waals surface area (Å²) in [5, 5.41) is 11.0. The highest BCUT2D eigenvalue weighted by atomic mass is 35.5. The lowest BCUT2D eigenvalue weighted by atomic mass is 10.1. The molecule has 0 radical (unpaired) electrons. The molecule has 1 aliphatic rings. The number of methoxy groups -OCH3 is 1. The van der Waals surface area contributed by atoms with Crippen molar-refractivity contribution in [3.63, 3.8) is 0 Å². The van der Waals surface area contributed by atoms with Crippen LogP contribution >= 0.6 is 11.6 Å². The number of aliphatic hydroxyl groups is 1. The summed E-state index contributed by atoms with van der Waals surface area (Å²) >= 11 is 6.02. The van der Waals surface area contributed by atoms with Crippen LogP contribution in [0.3, 0.4) is 0 Å². The van der Waals surface area contributed by atoms with Crippen molar-refractivity contribution in [2.75, 3.05) is 44.7 Å². The molecule has 0 spiro atoms. The number of nitrogens with zero attached hydrogens (tertiary/aromatic N) is 5. The number of anilines is 1.